The van der Waals surface area contributed by atoms with E-state index in [0.29, 0.717) is 11.7 Å². The monoisotopic (exact) mass is 203 g/mol. The highest BCUT2D eigenvalue weighted by Crippen LogP contribution is 2.31. The second-order valence-corrected chi connectivity index (χ2v) is 4.47. The summed E-state index contributed by atoms with van der Waals surface area (Å²) < 4.78 is 0. The molecular weight excluding hydrogens is 186 g/mol. The number of rotatable bonds is 4. The molecule has 15 heavy (non-hydrogen) atoms. The largest absolute Gasteiger partial charge is 0.299 e. The molecule has 0 amide bonds. The van der Waals surface area contributed by atoms with Crippen LogP contribution in [-0.2, 0) is 4.79 Å². The molecule has 1 aliphatic carbocycles. The summed E-state index contributed by atoms with van der Waals surface area (Å²) in [6.07, 6.45) is 8.07. The lowest BCUT2D eigenvalue weighted by atomic mass is 9.79. The molecule has 1 saturated carbocycles. The van der Waals surface area contributed by atoms with Crippen molar-refractivity contribution in [3.05, 3.63) is 30.1 Å². The molecule has 2 nitrogen and oxygen atoms in total. The van der Waals surface area contributed by atoms with Crippen molar-refractivity contribution < 1.29 is 4.79 Å². The van der Waals surface area contributed by atoms with Gasteiger partial charge in [-0.25, -0.2) is 0 Å². The van der Waals surface area contributed by atoms with Crippen LogP contribution in [0.2, 0.25) is 0 Å². The fourth-order valence-electron chi connectivity index (χ4n) is 2.00. The van der Waals surface area contributed by atoms with Gasteiger partial charge in [0.25, 0.3) is 0 Å². The average Bonchev–Trinajstić information content (AvgIpc) is 2.23. The first-order chi connectivity index (χ1) is 7.27. The molecule has 1 fully saturated rings. The van der Waals surface area contributed by atoms with Gasteiger partial charge < -0.3 is 0 Å². The summed E-state index contributed by atoms with van der Waals surface area (Å²) in [7, 11) is 0. The Balaban J connectivity index is 1.94. The molecule has 0 aliphatic heterocycles. The maximum absolute atomic E-state index is 11.9. The molecule has 1 atom stereocenters. The second kappa shape index (κ2) is 4.56. The highest BCUT2D eigenvalue weighted by atomic mass is 16.1. The van der Waals surface area contributed by atoms with E-state index >= 15 is 0 Å². The summed E-state index contributed by atoms with van der Waals surface area (Å²) in [5.74, 6) is 1.08. The first-order valence-corrected chi connectivity index (χ1v) is 5.70. The number of aromatic nitrogens is 1. The van der Waals surface area contributed by atoms with E-state index < -0.39 is 0 Å². The number of pyridine rings is 1. The average molecular weight is 203 g/mol. The summed E-state index contributed by atoms with van der Waals surface area (Å²) >= 11 is 0. The molecule has 80 valence electrons. The standard InChI is InChI=1S/C13H17NO/c1-10(12-5-7-14-8-6-12)13(15)9-11-3-2-4-11/h5-8,10-11H,2-4,9H2,1H3. The van der Waals surface area contributed by atoms with Crippen LogP contribution in [0.4, 0.5) is 0 Å². The van der Waals surface area contributed by atoms with Crippen molar-refractivity contribution in [3.8, 4) is 0 Å². The lowest BCUT2D eigenvalue weighted by molar-refractivity contribution is -0.121. The quantitative estimate of drug-likeness (QED) is 0.753. The van der Waals surface area contributed by atoms with E-state index in [2.05, 4.69) is 4.98 Å². The van der Waals surface area contributed by atoms with Gasteiger partial charge in [-0.2, -0.15) is 0 Å². The summed E-state index contributed by atoms with van der Waals surface area (Å²) in [5, 5.41) is 0. The molecule has 0 saturated heterocycles. The third-order valence-corrected chi connectivity index (χ3v) is 3.40. The predicted molar refractivity (Wildman–Crippen MR) is 59.6 cm³/mol. The van der Waals surface area contributed by atoms with Gasteiger partial charge in [0.05, 0.1) is 0 Å². The SMILES string of the molecule is CC(C(=O)CC1CCC1)c1ccncc1. The fourth-order valence-corrected chi connectivity index (χ4v) is 2.00. The van der Waals surface area contributed by atoms with Crippen LogP contribution in [0, 0.1) is 5.92 Å². The Bertz CT molecular complexity index is 330. The Morgan fingerprint density at radius 2 is 2.13 bits per heavy atom. The van der Waals surface area contributed by atoms with E-state index in [4.69, 9.17) is 0 Å². The first kappa shape index (κ1) is 10.3. The minimum atomic E-state index is 0.0357. The van der Waals surface area contributed by atoms with Crippen LogP contribution in [0.25, 0.3) is 0 Å². The number of carbonyl (C=O) groups is 1. The Labute approximate surface area is 90.7 Å². The molecule has 1 aromatic heterocycles. The van der Waals surface area contributed by atoms with Gasteiger partial charge in [-0.3, -0.25) is 9.78 Å². The van der Waals surface area contributed by atoms with E-state index in [0.717, 1.165) is 12.0 Å². The number of carbonyl (C=O) groups excluding carboxylic acids is 1. The summed E-state index contributed by atoms with van der Waals surface area (Å²) in [6.45, 7) is 2.00. The third-order valence-electron chi connectivity index (χ3n) is 3.40. The minimum absolute atomic E-state index is 0.0357. The predicted octanol–water partition coefficient (Wildman–Crippen LogP) is 2.94. The lowest BCUT2D eigenvalue weighted by Gasteiger charge is -2.25. The van der Waals surface area contributed by atoms with E-state index in [9.17, 15) is 4.79 Å². The number of hydrogen-bond acceptors (Lipinski definition) is 2. The zero-order valence-corrected chi connectivity index (χ0v) is 9.15. The van der Waals surface area contributed by atoms with Crippen molar-refractivity contribution in [2.24, 2.45) is 5.92 Å². The van der Waals surface area contributed by atoms with Crippen molar-refractivity contribution in [3.63, 3.8) is 0 Å². The van der Waals surface area contributed by atoms with Gasteiger partial charge in [0.2, 0.25) is 0 Å². The van der Waals surface area contributed by atoms with Gasteiger partial charge in [-0.05, 0) is 23.6 Å². The zero-order chi connectivity index (χ0) is 10.7. The van der Waals surface area contributed by atoms with Crippen LogP contribution in [0.1, 0.15) is 44.1 Å². The fraction of sp³-hybridized carbons (Fsp3) is 0.538. The highest BCUT2D eigenvalue weighted by molar-refractivity contribution is 5.85. The number of nitrogens with zero attached hydrogens (tertiary/aromatic N) is 1. The van der Waals surface area contributed by atoms with Gasteiger partial charge in [0.15, 0.2) is 0 Å². The normalized spacial score (nSPS) is 18.2. The molecule has 1 unspecified atom stereocenters. The van der Waals surface area contributed by atoms with Gasteiger partial charge in [-0.15, -0.1) is 0 Å². The van der Waals surface area contributed by atoms with Gasteiger partial charge in [0.1, 0.15) is 5.78 Å². The number of ketones is 1. The van der Waals surface area contributed by atoms with Gasteiger partial charge in [0, 0.05) is 24.7 Å². The van der Waals surface area contributed by atoms with E-state index in [1.165, 1.54) is 19.3 Å². The van der Waals surface area contributed by atoms with E-state index in [1.54, 1.807) is 12.4 Å². The Morgan fingerprint density at radius 1 is 1.47 bits per heavy atom. The van der Waals surface area contributed by atoms with Crippen LogP contribution >= 0.6 is 0 Å². The topological polar surface area (TPSA) is 30.0 Å². The Hall–Kier alpha value is -1.18. The highest BCUT2D eigenvalue weighted by Gasteiger charge is 2.23. The molecule has 2 heteroatoms. The van der Waals surface area contributed by atoms with E-state index in [-0.39, 0.29) is 5.92 Å². The van der Waals surface area contributed by atoms with Gasteiger partial charge in [-0.1, -0.05) is 26.2 Å². The van der Waals surface area contributed by atoms with E-state index in [1.807, 2.05) is 19.1 Å². The zero-order valence-electron chi connectivity index (χ0n) is 9.15. The molecule has 1 aromatic rings. The minimum Gasteiger partial charge on any atom is -0.299 e. The summed E-state index contributed by atoms with van der Waals surface area (Å²) in [4.78, 5) is 15.9. The molecule has 2 rings (SSSR count). The molecule has 0 radical (unpaired) electrons. The smallest absolute Gasteiger partial charge is 0.140 e. The maximum Gasteiger partial charge on any atom is 0.140 e. The molecule has 0 aromatic carbocycles. The van der Waals surface area contributed by atoms with Crippen molar-refractivity contribution >= 4 is 5.78 Å². The molecule has 0 spiro atoms. The molecular formula is C13H17NO. The lowest BCUT2D eigenvalue weighted by Crippen LogP contribution is -2.19. The summed E-state index contributed by atoms with van der Waals surface area (Å²) in [5.41, 5.74) is 1.09. The second-order valence-electron chi connectivity index (χ2n) is 4.47. The van der Waals surface area contributed by atoms with Crippen LogP contribution in [0.3, 0.4) is 0 Å². The van der Waals surface area contributed by atoms with Crippen LogP contribution < -0.4 is 0 Å². The van der Waals surface area contributed by atoms with Crippen LogP contribution in [-0.4, -0.2) is 10.8 Å². The van der Waals surface area contributed by atoms with Crippen molar-refractivity contribution in [1.82, 2.24) is 4.98 Å². The van der Waals surface area contributed by atoms with Crippen molar-refractivity contribution in [2.75, 3.05) is 0 Å². The molecule has 0 N–H and O–H groups in total. The van der Waals surface area contributed by atoms with Crippen LogP contribution in [0.15, 0.2) is 24.5 Å². The number of Topliss-reactive ketones (excluding diaryl/α,β-unsaturated/α-hetero) is 1. The maximum atomic E-state index is 11.9. The molecule has 0 bridgehead atoms. The Kier molecular flexibility index (Phi) is 3.14. The van der Waals surface area contributed by atoms with Crippen LogP contribution in [0.5, 0.6) is 0 Å². The Morgan fingerprint density at radius 3 is 2.67 bits per heavy atom. The van der Waals surface area contributed by atoms with Crippen molar-refractivity contribution in [2.45, 2.75) is 38.5 Å². The number of hydrogen-bond donors (Lipinski definition) is 0. The first-order valence-electron chi connectivity index (χ1n) is 5.70. The third kappa shape index (κ3) is 2.44. The van der Waals surface area contributed by atoms with Crippen molar-refractivity contribution in [1.29, 1.82) is 0 Å². The van der Waals surface area contributed by atoms with Gasteiger partial charge >= 0.3 is 0 Å². The summed E-state index contributed by atoms with van der Waals surface area (Å²) in [6, 6.07) is 3.87. The molecule has 1 aliphatic rings. The molecule has 1 heterocycles.